The molecular weight excluding hydrogens is 284 g/mol. The Kier molecular flexibility index (Phi) is 5.38. The molecule has 0 spiro atoms. The molecule has 0 heterocycles. The molecule has 0 amide bonds. The van der Waals surface area contributed by atoms with Gasteiger partial charge < -0.3 is 5.11 Å². The van der Waals surface area contributed by atoms with Crippen molar-refractivity contribution in [2.24, 2.45) is 5.92 Å². The molecule has 22 heavy (non-hydrogen) atoms. The van der Waals surface area contributed by atoms with Crippen LogP contribution in [0.25, 0.3) is 0 Å². The second-order valence-electron chi connectivity index (χ2n) is 6.39. The van der Waals surface area contributed by atoms with E-state index in [1.54, 1.807) is 0 Å². The van der Waals surface area contributed by atoms with Crippen molar-refractivity contribution in [1.29, 1.82) is 0 Å². The molecule has 1 nitrogen and oxygen atoms in total. The summed E-state index contributed by atoms with van der Waals surface area (Å²) < 4.78 is 0. The highest BCUT2D eigenvalue weighted by atomic mass is 28.3. The van der Waals surface area contributed by atoms with E-state index in [-0.39, 0.29) is 5.92 Å². The van der Waals surface area contributed by atoms with Gasteiger partial charge in [0.2, 0.25) is 0 Å². The molecule has 0 aliphatic carbocycles. The SMILES string of the molecule is C=C([C@H](CC)[C@@H](O)c1ccccc1)[Si](C)(C)c1ccccc1. The molecule has 2 aromatic carbocycles. The Balaban J connectivity index is 2.29. The van der Waals surface area contributed by atoms with E-state index in [0.29, 0.717) is 0 Å². The highest BCUT2D eigenvalue weighted by Gasteiger charge is 2.34. The number of benzene rings is 2. The van der Waals surface area contributed by atoms with E-state index in [0.717, 1.165) is 12.0 Å². The Labute approximate surface area is 135 Å². The molecule has 1 N–H and O–H groups in total. The van der Waals surface area contributed by atoms with Gasteiger partial charge in [0.1, 0.15) is 8.07 Å². The van der Waals surface area contributed by atoms with E-state index in [1.165, 1.54) is 10.4 Å². The molecule has 0 unspecified atom stereocenters. The van der Waals surface area contributed by atoms with Crippen LogP contribution in [0.3, 0.4) is 0 Å². The number of hydrogen-bond acceptors (Lipinski definition) is 1. The minimum atomic E-state index is -1.82. The van der Waals surface area contributed by atoms with E-state index in [2.05, 4.69) is 50.9 Å². The molecule has 2 rings (SSSR count). The van der Waals surface area contributed by atoms with Crippen molar-refractivity contribution in [3.05, 3.63) is 78.0 Å². The smallest absolute Gasteiger partial charge is 0.107 e. The van der Waals surface area contributed by atoms with Crippen LogP contribution in [0.15, 0.2) is 72.4 Å². The van der Waals surface area contributed by atoms with Crippen molar-refractivity contribution in [3.8, 4) is 0 Å². The monoisotopic (exact) mass is 310 g/mol. The lowest BCUT2D eigenvalue weighted by molar-refractivity contribution is 0.127. The van der Waals surface area contributed by atoms with Crippen LogP contribution in [0.4, 0.5) is 0 Å². The third-order valence-corrected chi connectivity index (χ3v) is 8.46. The van der Waals surface area contributed by atoms with Gasteiger partial charge in [-0.3, -0.25) is 0 Å². The zero-order valence-electron chi connectivity index (χ0n) is 13.8. The lowest BCUT2D eigenvalue weighted by Crippen LogP contribution is -2.46. The largest absolute Gasteiger partial charge is 0.388 e. The van der Waals surface area contributed by atoms with E-state index >= 15 is 0 Å². The maximum atomic E-state index is 10.8. The van der Waals surface area contributed by atoms with Crippen molar-refractivity contribution < 1.29 is 5.11 Å². The lowest BCUT2D eigenvalue weighted by Gasteiger charge is -2.34. The summed E-state index contributed by atoms with van der Waals surface area (Å²) in [5, 5.41) is 13.4. The minimum Gasteiger partial charge on any atom is -0.388 e. The van der Waals surface area contributed by atoms with Gasteiger partial charge in [-0.1, -0.05) is 91.1 Å². The Hall–Kier alpha value is -1.64. The highest BCUT2D eigenvalue weighted by Crippen LogP contribution is 2.34. The first-order valence-electron chi connectivity index (χ1n) is 7.96. The van der Waals surface area contributed by atoms with Crippen molar-refractivity contribution in [2.45, 2.75) is 32.5 Å². The Morgan fingerprint density at radius 3 is 2.00 bits per heavy atom. The molecule has 2 atom stereocenters. The zero-order chi connectivity index (χ0) is 16.2. The standard InChI is InChI=1S/C20H26OSi/c1-5-19(20(21)17-12-8-6-9-13-17)16(2)22(3,4)18-14-10-7-11-15-18/h6-15,19-21H,2,5H2,1,3-4H3/t19-,20-/m0/s1. The predicted octanol–water partition coefficient (Wildman–Crippen LogP) is 4.46. The Morgan fingerprint density at radius 1 is 1.00 bits per heavy atom. The molecule has 0 radical (unpaired) electrons. The summed E-state index contributed by atoms with van der Waals surface area (Å²) in [6.45, 7) is 11.2. The Bertz CT molecular complexity index is 604. The van der Waals surface area contributed by atoms with Crippen LogP contribution < -0.4 is 5.19 Å². The quantitative estimate of drug-likeness (QED) is 0.781. The fraction of sp³-hybridized carbons (Fsp3) is 0.300. The van der Waals surface area contributed by atoms with Gasteiger partial charge in [0, 0.05) is 5.92 Å². The van der Waals surface area contributed by atoms with Crippen LogP contribution in [-0.4, -0.2) is 13.2 Å². The first-order chi connectivity index (χ1) is 10.5. The van der Waals surface area contributed by atoms with E-state index in [1.807, 2.05) is 36.4 Å². The molecule has 0 fully saturated rings. The molecular formula is C20H26OSi. The maximum absolute atomic E-state index is 10.8. The summed E-state index contributed by atoms with van der Waals surface area (Å²) in [4.78, 5) is 0. The highest BCUT2D eigenvalue weighted by molar-refractivity contribution is 6.95. The first kappa shape index (κ1) is 16.7. The van der Waals surface area contributed by atoms with Gasteiger partial charge in [-0.05, 0) is 12.0 Å². The van der Waals surface area contributed by atoms with Gasteiger partial charge in [0.15, 0.2) is 0 Å². The van der Waals surface area contributed by atoms with E-state index in [9.17, 15) is 5.11 Å². The van der Waals surface area contributed by atoms with Crippen LogP contribution in [0, 0.1) is 5.92 Å². The van der Waals surface area contributed by atoms with Crippen LogP contribution in [-0.2, 0) is 0 Å². The Morgan fingerprint density at radius 2 is 1.50 bits per heavy atom. The zero-order valence-corrected chi connectivity index (χ0v) is 14.8. The summed E-state index contributed by atoms with van der Waals surface area (Å²) in [5.41, 5.74) is 0.980. The van der Waals surface area contributed by atoms with Gasteiger partial charge >= 0.3 is 0 Å². The second-order valence-corrected chi connectivity index (χ2v) is 10.9. The van der Waals surface area contributed by atoms with Gasteiger partial charge in [0.25, 0.3) is 0 Å². The molecule has 2 aromatic rings. The molecule has 2 heteroatoms. The minimum absolute atomic E-state index is 0.101. The second kappa shape index (κ2) is 7.08. The molecule has 0 bridgehead atoms. The van der Waals surface area contributed by atoms with Crippen molar-refractivity contribution >= 4 is 13.3 Å². The van der Waals surface area contributed by atoms with Crippen molar-refractivity contribution in [2.75, 3.05) is 0 Å². The molecule has 0 saturated carbocycles. The van der Waals surface area contributed by atoms with Crippen LogP contribution in [0.5, 0.6) is 0 Å². The number of aliphatic hydroxyl groups is 1. The molecule has 0 aliphatic heterocycles. The average molecular weight is 311 g/mol. The van der Waals surface area contributed by atoms with Gasteiger partial charge in [-0.15, -0.1) is 6.58 Å². The third-order valence-electron chi connectivity index (χ3n) is 4.71. The maximum Gasteiger partial charge on any atom is 0.107 e. The average Bonchev–Trinajstić information content (AvgIpc) is 2.57. The lowest BCUT2D eigenvalue weighted by atomic mass is 9.93. The number of rotatable bonds is 6. The van der Waals surface area contributed by atoms with Crippen LogP contribution >= 0.6 is 0 Å². The van der Waals surface area contributed by atoms with Crippen LogP contribution in [0.2, 0.25) is 13.1 Å². The summed E-state index contributed by atoms with van der Waals surface area (Å²) in [6, 6.07) is 20.5. The van der Waals surface area contributed by atoms with Crippen molar-refractivity contribution in [1.82, 2.24) is 0 Å². The van der Waals surface area contributed by atoms with Crippen LogP contribution in [0.1, 0.15) is 25.0 Å². The van der Waals surface area contributed by atoms with Gasteiger partial charge in [-0.2, -0.15) is 0 Å². The predicted molar refractivity (Wildman–Crippen MR) is 97.9 cm³/mol. The fourth-order valence-corrected chi connectivity index (χ4v) is 5.73. The van der Waals surface area contributed by atoms with Gasteiger partial charge in [-0.25, -0.2) is 0 Å². The molecule has 0 aliphatic rings. The number of aliphatic hydroxyl groups excluding tert-OH is 1. The summed E-state index contributed by atoms with van der Waals surface area (Å²) >= 11 is 0. The van der Waals surface area contributed by atoms with E-state index < -0.39 is 14.2 Å². The number of hydrogen-bond donors (Lipinski definition) is 1. The topological polar surface area (TPSA) is 20.2 Å². The summed E-state index contributed by atoms with van der Waals surface area (Å²) in [5.74, 6) is 0.101. The van der Waals surface area contributed by atoms with Crippen molar-refractivity contribution in [3.63, 3.8) is 0 Å². The van der Waals surface area contributed by atoms with E-state index in [4.69, 9.17) is 0 Å². The molecule has 0 saturated heterocycles. The summed E-state index contributed by atoms with van der Waals surface area (Å²) in [6.07, 6.45) is 0.423. The van der Waals surface area contributed by atoms with Gasteiger partial charge in [0.05, 0.1) is 6.10 Å². The summed E-state index contributed by atoms with van der Waals surface area (Å²) in [7, 11) is -1.82. The fourth-order valence-electron chi connectivity index (χ4n) is 3.05. The molecule has 0 aromatic heterocycles. The normalized spacial score (nSPS) is 14.4. The first-order valence-corrected chi connectivity index (χ1v) is 11.0. The third kappa shape index (κ3) is 3.40. The molecule has 116 valence electrons.